The lowest BCUT2D eigenvalue weighted by molar-refractivity contribution is -0.142. The molecule has 0 radical (unpaired) electrons. The monoisotopic (exact) mass is 345 g/mol. The van der Waals surface area contributed by atoms with E-state index in [0.29, 0.717) is 25.5 Å². The number of amides is 1. The number of benzene rings is 1. The molecule has 0 bridgehead atoms. The van der Waals surface area contributed by atoms with Crippen molar-refractivity contribution in [3.8, 4) is 0 Å². The van der Waals surface area contributed by atoms with Crippen LogP contribution in [-0.4, -0.2) is 23.7 Å². The van der Waals surface area contributed by atoms with E-state index < -0.39 is 22.9 Å². The lowest BCUT2D eigenvalue weighted by atomic mass is 10.2. The third-order valence-electron chi connectivity index (χ3n) is 2.86. The summed E-state index contributed by atoms with van der Waals surface area (Å²) in [4.78, 5) is 23.4. The van der Waals surface area contributed by atoms with Gasteiger partial charge in [-0.2, -0.15) is 0 Å². The molecule has 1 N–H and O–H groups in total. The van der Waals surface area contributed by atoms with Crippen LogP contribution in [-0.2, 0) is 14.3 Å². The molecule has 23 heavy (non-hydrogen) atoms. The lowest BCUT2D eigenvalue weighted by Gasteiger charge is -2.13. The molecule has 0 heterocycles. The van der Waals surface area contributed by atoms with Gasteiger partial charge in [0.1, 0.15) is 16.9 Å². The second-order valence-electron chi connectivity index (χ2n) is 4.99. The van der Waals surface area contributed by atoms with Crippen LogP contribution in [0, 0.1) is 11.6 Å². The van der Waals surface area contributed by atoms with Crippen molar-refractivity contribution in [3.05, 3.63) is 23.8 Å². The van der Waals surface area contributed by atoms with Gasteiger partial charge in [0.05, 0.1) is 12.3 Å². The normalized spacial score (nSPS) is 11.9. The second kappa shape index (κ2) is 9.50. The lowest BCUT2D eigenvalue weighted by Crippen LogP contribution is -2.17. The molecular formula is C16H21F2NO3S. The summed E-state index contributed by atoms with van der Waals surface area (Å²) in [6.45, 7) is 5.58. The summed E-state index contributed by atoms with van der Waals surface area (Å²) in [6, 6.07) is 1.90. The van der Waals surface area contributed by atoms with Crippen LogP contribution in [0.4, 0.5) is 14.5 Å². The zero-order valence-corrected chi connectivity index (χ0v) is 14.3. The van der Waals surface area contributed by atoms with Gasteiger partial charge >= 0.3 is 5.97 Å². The predicted molar refractivity (Wildman–Crippen MR) is 86.5 cm³/mol. The number of ether oxygens (including phenoxy) is 1. The van der Waals surface area contributed by atoms with Crippen molar-refractivity contribution in [3.63, 3.8) is 0 Å². The molecule has 0 saturated heterocycles. The van der Waals surface area contributed by atoms with Crippen LogP contribution in [0.1, 0.15) is 40.0 Å². The standard InChI is InChI=1S/C16H21F2NO3S/c1-4-6-15(20)19-13-9-14(12(18)8-11(13)17)23-10(3)16(21)22-7-5-2/h8-10H,4-7H2,1-3H3,(H,19,20). The van der Waals surface area contributed by atoms with Gasteiger partial charge in [-0.3, -0.25) is 9.59 Å². The van der Waals surface area contributed by atoms with Gasteiger partial charge in [-0.25, -0.2) is 8.78 Å². The molecule has 0 aromatic heterocycles. The zero-order valence-electron chi connectivity index (χ0n) is 13.4. The van der Waals surface area contributed by atoms with Crippen LogP contribution < -0.4 is 5.32 Å². The Labute approximate surface area is 139 Å². The minimum absolute atomic E-state index is 0.0825. The van der Waals surface area contributed by atoms with Crippen LogP contribution >= 0.6 is 11.8 Å². The summed E-state index contributed by atoms with van der Waals surface area (Å²) in [5.41, 5.74) is -0.0959. The van der Waals surface area contributed by atoms with E-state index >= 15 is 0 Å². The Hall–Kier alpha value is -1.63. The van der Waals surface area contributed by atoms with Crippen LogP contribution in [0.3, 0.4) is 0 Å². The van der Waals surface area contributed by atoms with Gasteiger partial charge in [-0.1, -0.05) is 13.8 Å². The number of thioether (sulfide) groups is 1. The van der Waals surface area contributed by atoms with Crippen molar-refractivity contribution >= 4 is 29.3 Å². The fraction of sp³-hybridized carbons (Fsp3) is 0.500. The van der Waals surface area contributed by atoms with Gasteiger partial charge in [0, 0.05) is 17.4 Å². The van der Waals surface area contributed by atoms with Crippen molar-refractivity contribution in [1.82, 2.24) is 0 Å². The summed E-state index contributed by atoms with van der Waals surface area (Å²) in [5.74, 6) is -2.44. The zero-order chi connectivity index (χ0) is 17.4. The van der Waals surface area contributed by atoms with E-state index in [9.17, 15) is 18.4 Å². The summed E-state index contributed by atoms with van der Waals surface area (Å²) >= 11 is 0.925. The maximum atomic E-state index is 13.9. The van der Waals surface area contributed by atoms with Gasteiger partial charge < -0.3 is 10.1 Å². The average molecular weight is 345 g/mol. The minimum atomic E-state index is -0.850. The highest BCUT2D eigenvalue weighted by atomic mass is 32.2. The third kappa shape index (κ3) is 6.17. The molecule has 0 fully saturated rings. The molecule has 0 aliphatic rings. The van der Waals surface area contributed by atoms with E-state index in [2.05, 4.69) is 5.32 Å². The first-order valence-electron chi connectivity index (χ1n) is 7.51. The highest BCUT2D eigenvalue weighted by Gasteiger charge is 2.20. The third-order valence-corrected chi connectivity index (χ3v) is 3.97. The van der Waals surface area contributed by atoms with E-state index in [0.717, 1.165) is 11.8 Å². The summed E-state index contributed by atoms with van der Waals surface area (Å²) in [5, 5.41) is 1.77. The summed E-state index contributed by atoms with van der Waals surface area (Å²) in [7, 11) is 0. The molecule has 128 valence electrons. The fourth-order valence-electron chi connectivity index (χ4n) is 1.71. The molecule has 0 aliphatic heterocycles. The van der Waals surface area contributed by atoms with Gasteiger partial charge in [-0.15, -0.1) is 11.8 Å². The number of hydrogen-bond donors (Lipinski definition) is 1. The van der Waals surface area contributed by atoms with Gasteiger partial charge in [0.25, 0.3) is 0 Å². The highest BCUT2D eigenvalue weighted by Crippen LogP contribution is 2.31. The number of esters is 1. The second-order valence-corrected chi connectivity index (χ2v) is 6.37. The molecule has 1 aromatic carbocycles. The quantitative estimate of drug-likeness (QED) is 0.568. The Morgan fingerprint density at radius 3 is 2.52 bits per heavy atom. The van der Waals surface area contributed by atoms with Crippen molar-refractivity contribution < 1.29 is 23.1 Å². The SMILES string of the molecule is CCCOC(=O)C(C)Sc1cc(NC(=O)CCC)c(F)cc1F. The van der Waals surface area contributed by atoms with Crippen LogP contribution in [0.15, 0.2) is 17.0 Å². The first-order chi connectivity index (χ1) is 10.9. The molecule has 0 aliphatic carbocycles. The smallest absolute Gasteiger partial charge is 0.319 e. The molecule has 1 amide bonds. The molecule has 0 spiro atoms. The Balaban J connectivity index is 2.86. The topological polar surface area (TPSA) is 55.4 Å². The van der Waals surface area contributed by atoms with Gasteiger partial charge in [0.15, 0.2) is 0 Å². The Bertz CT molecular complexity index is 567. The average Bonchev–Trinajstić information content (AvgIpc) is 2.49. The summed E-state index contributed by atoms with van der Waals surface area (Å²) in [6.07, 6.45) is 1.57. The molecule has 4 nitrogen and oxygen atoms in total. The molecule has 1 atom stereocenters. The van der Waals surface area contributed by atoms with Crippen molar-refractivity contribution in [1.29, 1.82) is 0 Å². The number of carbonyl (C=O) groups excluding carboxylic acids is 2. The highest BCUT2D eigenvalue weighted by molar-refractivity contribution is 8.00. The van der Waals surface area contributed by atoms with Crippen LogP contribution in [0.25, 0.3) is 0 Å². The Morgan fingerprint density at radius 1 is 1.22 bits per heavy atom. The van der Waals surface area contributed by atoms with Gasteiger partial charge in [0.2, 0.25) is 5.91 Å². The number of nitrogens with one attached hydrogen (secondary N) is 1. The van der Waals surface area contributed by atoms with E-state index in [-0.39, 0.29) is 22.9 Å². The molecule has 1 aromatic rings. The molecule has 1 rings (SSSR count). The largest absolute Gasteiger partial charge is 0.465 e. The van der Waals surface area contributed by atoms with E-state index in [1.54, 1.807) is 6.92 Å². The molecular weight excluding hydrogens is 324 g/mol. The number of anilines is 1. The number of carbonyl (C=O) groups is 2. The van der Waals surface area contributed by atoms with E-state index in [4.69, 9.17) is 4.74 Å². The molecule has 7 heteroatoms. The van der Waals surface area contributed by atoms with E-state index in [1.165, 1.54) is 6.07 Å². The maximum Gasteiger partial charge on any atom is 0.319 e. The fourth-order valence-corrected chi connectivity index (χ4v) is 2.62. The molecule has 0 saturated carbocycles. The van der Waals surface area contributed by atoms with Crippen molar-refractivity contribution in [2.45, 2.75) is 50.2 Å². The van der Waals surface area contributed by atoms with Crippen molar-refractivity contribution in [2.24, 2.45) is 0 Å². The summed E-state index contributed by atoms with van der Waals surface area (Å²) < 4.78 is 32.6. The van der Waals surface area contributed by atoms with Gasteiger partial charge in [-0.05, 0) is 25.8 Å². The predicted octanol–water partition coefficient (Wildman–Crippen LogP) is 4.14. The number of hydrogen-bond acceptors (Lipinski definition) is 4. The molecule has 1 unspecified atom stereocenters. The Kier molecular flexibility index (Phi) is 8.02. The Morgan fingerprint density at radius 2 is 1.91 bits per heavy atom. The van der Waals surface area contributed by atoms with Crippen LogP contribution in [0.5, 0.6) is 0 Å². The minimum Gasteiger partial charge on any atom is -0.465 e. The first kappa shape index (κ1) is 19.4. The van der Waals surface area contributed by atoms with Crippen molar-refractivity contribution in [2.75, 3.05) is 11.9 Å². The van der Waals surface area contributed by atoms with Crippen LogP contribution in [0.2, 0.25) is 0 Å². The van der Waals surface area contributed by atoms with E-state index in [1.807, 2.05) is 13.8 Å². The maximum absolute atomic E-state index is 13.9. The number of halogens is 2. The first-order valence-corrected chi connectivity index (χ1v) is 8.39. The number of rotatable bonds is 8.